The first-order valence-electron chi connectivity index (χ1n) is 10.8. The highest BCUT2D eigenvalue weighted by molar-refractivity contribution is 5.42. The summed E-state index contributed by atoms with van der Waals surface area (Å²) >= 11 is 0. The van der Waals surface area contributed by atoms with Crippen LogP contribution in [0.2, 0.25) is 0 Å². The first-order valence-corrected chi connectivity index (χ1v) is 10.8. The largest absolute Gasteiger partial charge is 0.508 e. The molecule has 0 amide bonds. The molecule has 2 heteroatoms. The van der Waals surface area contributed by atoms with Gasteiger partial charge in [0.05, 0.1) is 0 Å². The molecule has 0 aromatic heterocycles. The highest BCUT2D eigenvalue weighted by atomic mass is 16.3. The first-order chi connectivity index (χ1) is 13.2. The van der Waals surface area contributed by atoms with Gasteiger partial charge in [-0.1, -0.05) is 45.0 Å². The van der Waals surface area contributed by atoms with Crippen LogP contribution in [0.4, 0.5) is 0 Å². The zero-order chi connectivity index (χ0) is 19.8. The van der Waals surface area contributed by atoms with E-state index in [4.69, 9.17) is 0 Å². The fourth-order valence-corrected chi connectivity index (χ4v) is 8.08. The van der Waals surface area contributed by atoms with Gasteiger partial charge in [-0.3, -0.25) is 0 Å². The van der Waals surface area contributed by atoms with Crippen LogP contribution in [0.3, 0.4) is 0 Å². The molecule has 2 atom stereocenters. The lowest BCUT2D eigenvalue weighted by atomic mass is 9.32. The maximum absolute atomic E-state index is 9.86. The Labute approximate surface area is 168 Å². The molecular formula is C26H32O2. The molecule has 4 aliphatic rings. The van der Waals surface area contributed by atoms with E-state index in [2.05, 4.69) is 45.0 Å². The van der Waals surface area contributed by atoms with Crippen molar-refractivity contribution in [3.8, 4) is 11.5 Å². The fraction of sp³-hybridized carbons (Fsp3) is 0.538. The van der Waals surface area contributed by atoms with Crippen molar-refractivity contribution >= 4 is 0 Å². The Hall–Kier alpha value is -1.96. The second-order valence-corrected chi connectivity index (χ2v) is 11.0. The first kappa shape index (κ1) is 18.1. The lowest BCUT2D eigenvalue weighted by molar-refractivity contribution is -0.153. The number of aromatic hydroxyl groups is 2. The van der Waals surface area contributed by atoms with Crippen LogP contribution in [0, 0.1) is 16.7 Å². The van der Waals surface area contributed by atoms with E-state index in [-0.39, 0.29) is 10.8 Å². The average molecular weight is 377 g/mol. The van der Waals surface area contributed by atoms with Crippen molar-refractivity contribution in [3.05, 3.63) is 59.7 Å². The molecular weight excluding hydrogens is 344 g/mol. The van der Waals surface area contributed by atoms with E-state index in [1.165, 1.54) is 49.7 Å². The number of phenolic OH excluding ortho intramolecular Hbond substituents is 2. The number of rotatable bonds is 3. The maximum Gasteiger partial charge on any atom is 0.115 e. The molecule has 2 nitrogen and oxygen atoms in total. The minimum Gasteiger partial charge on any atom is -0.508 e. The number of benzene rings is 2. The molecule has 4 bridgehead atoms. The third-order valence-corrected chi connectivity index (χ3v) is 8.55. The van der Waals surface area contributed by atoms with Crippen molar-refractivity contribution in [2.24, 2.45) is 16.7 Å². The van der Waals surface area contributed by atoms with Crippen molar-refractivity contribution in [1.29, 1.82) is 0 Å². The van der Waals surface area contributed by atoms with Crippen LogP contribution in [0.15, 0.2) is 48.5 Å². The quantitative estimate of drug-likeness (QED) is 0.659. The smallest absolute Gasteiger partial charge is 0.115 e. The van der Waals surface area contributed by atoms with Gasteiger partial charge < -0.3 is 10.2 Å². The van der Waals surface area contributed by atoms with Gasteiger partial charge in [-0.25, -0.2) is 0 Å². The Morgan fingerprint density at radius 3 is 1.46 bits per heavy atom. The number of hydrogen-bond donors (Lipinski definition) is 2. The minimum atomic E-state index is 0.180. The standard InChI is InChI=1S/C26H32O2/c1-18(2)24-12-23(3)13-25(15-24,19-4-8-21(27)9-5-19)17-26(14-23,16-24)20-6-10-22(28)11-7-20/h4-11,18,27-28H,12-17H2,1-3H3. The molecule has 0 heterocycles. The van der Waals surface area contributed by atoms with Crippen LogP contribution in [0.25, 0.3) is 0 Å². The van der Waals surface area contributed by atoms with E-state index in [0.29, 0.717) is 28.2 Å². The molecule has 0 aliphatic heterocycles. The number of hydrogen-bond acceptors (Lipinski definition) is 2. The third kappa shape index (κ3) is 2.46. The second-order valence-electron chi connectivity index (χ2n) is 11.0. The van der Waals surface area contributed by atoms with E-state index in [9.17, 15) is 10.2 Å². The molecule has 2 N–H and O–H groups in total. The highest BCUT2D eigenvalue weighted by Crippen LogP contribution is 2.75. The average Bonchev–Trinajstić information content (AvgIpc) is 2.60. The molecule has 4 aliphatic carbocycles. The molecule has 0 radical (unpaired) electrons. The van der Waals surface area contributed by atoms with Crippen LogP contribution in [0.1, 0.15) is 70.4 Å². The van der Waals surface area contributed by atoms with E-state index in [0.717, 1.165) is 0 Å². The van der Waals surface area contributed by atoms with Gasteiger partial charge in [0.25, 0.3) is 0 Å². The fourth-order valence-electron chi connectivity index (χ4n) is 8.08. The van der Waals surface area contributed by atoms with Crippen LogP contribution in [-0.2, 0) is 10.8 Å². The van der Waals surface area contributed by atoms with Crippen LogP contribution >= 0.6 is 0 Å². The molecule has 6 rings (SSSR count). The van der Waals surface area contributed by atoms with Gasteiger partial charge in [0, 0.05) is 0 Å². The highest BCUT2D eigenvalue weighted by Gasteiger charge is 2.67. The zero-order valence-corrected chi connectivity index (χ0v) is 17.3. The van der Waals surface area contributed by atoms with Crippen LogP contribution in [0.5, 0.6) is 11.5 Å². The Kier molecular flexibility index (Phi) is 3.59. The SMILES string of the molecule is CC(C)C12CC3(C)CC(c4ccc(O)cc4)(CC(c4ccc(O)cc4)(C3)C1)C2. The normalized spacial score (nSPS) is 38.9. The molecule has 2 aromatic carbocycles. The molecule has 0 saturated heterocycles. The molecule has 148 valence electrons. The Morgan fingerprint density at radius 2 is 1.07 bits per heavy atom. The van der Waals surface area contributed by atoms with E-state index in [1.807, 2.05) is 24.3 Å². The van der Waals surface area contributed by atoms with Crippen LogP contribution < -0.4 is 0 Å². The lowest BCUT2D eigenvalue weighted by Crippen LogP contribution is -2.64. The van der Waals surface area contributed by atoms with E-state index < -0.39 is 0 Å². The summed E-state index contributed by atoms with van der Waals surface area (Å²) in [5, 5.41) is 19.7. The Morgan fingerprint density at radius 1 is 0.643 bits per heavy atom. The Balaban J connectivity index is 1.70. The summed E-state index contributed by atoms with van der Waals surface area (Å²) < 4.78 is 0. The molecule has 2 aromatic rings. The summed E-state index contributed by atoms with van der Waals surface area (Å²) in [6.07, 6.45) is 7.53. The summed E-state index contributed by atoms with van der Waals surface area (Å²) in [5.74, 6) is 1.36. The summed E-state index contributed by atoms with van der Waals surface area (Å²) in [6.45, 7) is 7.36. The van der Waals surface area contributed by atoms with Gasteiger partial charge in [0.2, 0.25) is 0 Å². The van der Waals surface area contributed by atoms with E-state index >= 15 is 0 Å². The van der Waals surface area contributed by atoms with Gasteiger partial charge in [-0.15, -0.1) is 0 Å². The number of phenols is 2. The summed E-state index contributed by atoms with van der Waals surface area (Å²) in [5.41, 5.74) is 3.87. The molecule has 2 unspecified atom stereocenters. The Bertz CT molecular complexity index is 832. The summed E-state index contributed by atoms with van der Waals surface area (Å²) in [6, 6.07) is 16.2. The van der Waals surface area contributed by atoms with Crippen molar-refractivity contribution in [3.63, 3.8) is 0 Å². The third-order valence-electron chi connectivity index (χ3n) is 8.55. The van der Waals surface area contributed by atoms with Gasteiger partial charge in [-0.2, -0.15) is 0 Å². The second kappa shape index (κ2) is 5.55. The topological polar surface area (TPSA) is 40.5 Å². The van der Waals surface area contributed by atoms with Gasteiger partial charge in [0.1, 0.15) is 11.5 Å². The molecule has 4 fully saturated rings. The molecule has 28 heavy (non-hydrogen) atoms. The lowest BCUT2D eigenvalue weighted by Gasteiger charge is -2.72. The van der Waals surface area contributed by atoms with Crippen molar-refractivity contribution < 1.29 is 10.2 Å². The van der Waals surface area contributed by atoms with Crippen molar-refractivity contribution in [2.75, 3.05) is 0 Å². The zero-order valence-electron chi connectivity index (χ0n) is 17.3. The van der Waals surface area contributed by atoms with Crippen molar-refractivity contribution in [1.82, 2.24) is 0 Å². The van der Waals surface area contributed by atoms with Gasteiger partial charge >= 0.3 is 0 Å². The predicted molar refractivity (Wildman–Crippen MR) is 113 cm³/mol. The summed E-state index contributed by atoms with van der Waals surface area (Å²) in [7, 11) is 0. The molecule has 4 saturated carbocycles. The minimum absolute atomic E-state index is 0.180. The monoisotopic (exact) mass is 376 g/mol. The van der Waals surface area contributed by atoms with Crippen LogP contribution in [-0.4, -0.2) is 10.2 Å². The van der Waals surface area contributed by atoms with E-state index in [1.54, 1.807) is 0 Å². The maximum atomic E-state index is 9.86. The van der Waals surface area contributed by atoms with Gasteiger partial charge in [-0.05, 0) is 101 Å². The van der Waals surface area contributed by atoms with Crippen molar-refractivity contribution in [2.45, 2.75) is 70.1 Å². The summed E-state index contributed by atoms with van der Waals surface area (Å²) in [4.78, 5) is 0. The predicted octanol–water partition coefficient (Wildman–Crippen LogP) is 6.30. The molecule has 0 spiro atoms. The van der Waals surface area contributed by atoms with Gasteiger partial charge in [0.15, 0.2) is 0 Å².